The van der Waals surface area contributed by atoms with Crippen LogP contribution in [0.15, 0.2) is 4.99 Å². The summed E-state index contributed by atoms with van der Waals surface area (Å²) >= 11 is 0. The molecule has 4 nitrogen and oxygen atoms in total. The fourth-order valence-corrected chi connectivity index (χ4v) is 3.05. The second kappa shape index (κ2) is 7.87. The van der Waals surface area contributed by atoms with Crippen LogP contribution in [0.1, 0.15) is 52.4 Å². The highest BCUT2D eigenvalue weighted by Gasteiger charge is 2.33. The molecule has 2 aliphatic rings. The van der Waals surface area contributed by atoms with Crippen LogP contribution < -0.4 is 10.6 Å². The van der Waals surface area contributed by atoms with E-state index in [1.807, 2.05) is 0 Å². The smallest absolute Gasteiger partial charge is 0.191 e. The number of ether oxygens (including phenoxy) is 1. The van der Waals surface area contributed by atoms with E-state index < -0.39 is 0 Å². The number of hydrogen-bond acceptors (Lipinski definition) is 2. The van der Waals surface area contributed by atoms with Gasteiger partial charge < -0.3 is 15.4 Å². The Labute approximate surface area is 123 Å². The summed E-state index contributed by atoms with van der Waals surface area (Å²) in [5.74, 6) is 1.95. The first kappa shape index (κ1) is 15.6. The Hall–Kier alpha value is -0.770. The van der Waals surface area contributed by atoms with Gasteiger partial charge in [-0.1, -0.05) is 32.6 Å². The zero-order valence-corrected chi connectivity index (χ0v) is 13.2. The van der Waals surface area contributed by atoms with Gasteiger partial charge in [0, 0.05) is 18.5 Å². The van der Waals surface area contributed by atoms with E-state index in [0.717, 1.165) is 44.7 Å². The lowest BCUT2D eigenvalue weighted by Gasteiger charge is -2.36. The van der Waals surface area contributed by atoms with Gasteiger partial charge in [-0.2, -0.15) is 0 Å². The van der Waals surface area contributed by atoms with Crippen LogP contribution in [0.25, 0.3) is 0 Å². The molecule has 2 rings (SSSR count). The third-order valence-corrected chi connectivity index (χ3v) is 4.42. The van der Waals surface area contributed by atoms with E-state index in [2.05, 4.69) is 24.5 Å². The molecule has 0 spiro atoms. The van der Waals surface area contributed by atoms with E-state index in [-0.39, 0.29) is 5.41 Å². The van der Waals surface area contributed by atoms with Crippen LogP contribution in [0.2, 0.25) is 0 Å². The molecule has 2 N–H and O–H groups in total. The van der Waals surface area contributed by atoms with Gasteiger partial charge in [-0.15, -0.1) is 0 Å². The van der Waals surface area contributed by atoms with Crippen molar-refractivity contribution in [3.8, 4) is 0 Å². The molecule has 0 aromatic carbocycles. The van der Waals surface area contributed by atoms with Crippen LogP contribution in [-0.2, 0) is 4.74 Å². The van der Waals surface area contributed by atoms with Crippen LogP contribution in [0.5, 0.6) is 0 Å². The highest BCUT2D eigenvalue weighted by molar-refractivity contribution is 5.79. The minimum absolute atomic E-state index is 0.256. The normalized spacial score (nSPS) is 22.6. The lowest BCUT2D eigenvalue weighted by atomic mass is 9.89. The van der Waals surface area contributed by atoms with Gasteiger partial charge in [0.2, 0.25) is 0 Å². The third kappa shape index (κ3) is 4.97. The molecule has 1 saturated carbocycles. The van der Waals surface area contributed by atoms with Gasteiger partial charge in [-0.05, 0) is 25.7 Å². The van der Waals surface area contributed by atoms with Crippen LogP contribution in [-0.4, -0.2) is 38.8 Å². The molecule has 116 valence electrons. The van der Waals surface area contributed by atoms with Crippen LogP contribution in [0.4, 0.5) is 0 Å². The summed E-state index contributed by atoms with van der Waals surface area (Å²) in [4.78, 5) is 4.69. The Morgan fingerprint density at radius 1 is 1.25 bits per heavy atom. The topological polar surface area (TPSA) is 45.7 Å². The summed E-state index contributed by atoms with van der Waals surface area (Å²) in [6.07, 6.45) is 8.43. The van der Waals surface area contributed by atoms with Gasteiger partial charge in [-0.3, -0.25) is 4.99 Å². The molecule has 0 radical (unpaired) electrons. The number of nitrogens with zero attached hydrogens (tertiary/aromatic N) is 1. The van der Waals surface area contributed by atoms with Crippen molar-refractivity contribution in [1.82, 2.24) is 10.6 Å². The van der Waals surface area contributed by atoms with E-state index >= 15 is 0 Å². The summed E-state index contributed by atoms with van der Waals surface area (Å²) in [6.45, 7) is 8.85. The Morgan fingerprint density at radius 3 is 2.60 bits per heavy atom. The third-order valence-electron chi connectivity index (χ3n) is 4.42. The molecule has 0 amide bonds. The van der Waals surface area contributed by atoms with Crippen molar-refractivity contribution in [3.05, 3.63) is 0 Å². The van der Waals surface area contributed by atoms with Crippen molar-refractivity contribution in [2.24, 2.45) is 16.3 Å². The van der Waals surface area contributed by atoms with Crippen molar-refractivity contribution in [2.45, 2.75) is 52.4 Å². The van der Waals surface area contributed by atoms with Gasteiger partial charge in [0.1, 0.15) is 0 Å². The molecule has 1 heterocycles. The van der Waals surface area contributed by atoms with E-state index in [0.29, 0.717) is 0 Å². The van der Waals surface area contributed by atoms with Crippen LogP contribution in [0, 0.1) is 11.3 Å². The Kier molecular flexibility index (Phi) is 6.14. The maximum atomic E-state index is 5.28. The predicted molar refractivity (Wildman–Crippen MR) is 84.1 cm³/mol. The average molecular weight is 281 g/mol. The summed E-state index contributed by atoms with van der Waals surface area (Å²) in [7, 11) is 0. The Morgan fingerprint density at radius 2 is 2.00 bits per heavy atom. The van der Waals surface area contributed by atoms with E-state index in [1.165, 1.54) is 38.5 Å². The monoisotopic (exact) mass is 281 g/mol. The number of guanidine groups is 1. The maximum Gasteiger partial charge on any atom is 0.191 e. The molecule has 0 bridgehead atoms. The summed E-state index contributed by atoms with van der Waals surface area (Å²) in [5.41, 5.74) is 0.256. The first-order valence-corrected chi connectivity index (χ1v) is 8.32. The molecule has 4 heteroatoms. The zero-order valence-electron chi connectivity index (χ0n) is 13.2. The van der Waals surface area contributed by atoms with Gasteiger partial charge in [0.15, 0.2) is 5.96 Å². The van der Waals surface area contributed by atoms with E-state index in [4.69, 9.17) is 9.73 Å². The molecule has 1 aliphatic heterocycles. The SMILES string of the molecule is CCNC(=NCC1(C)COC1)NCCCC1CCCC1. The summed E-state index contributed by atoms with van der Waals surface area (Å²) in [5, 5.41) is 6.79. The van der Waals surface area contributed by atoms with Gasteiger partial charge >= 0.3 is 0 Å². The molecule has 0 atom stereocenters. The van der Waals surface area contributed by atoms with Gasteiger partial charge in [0.25, 0.3) is 0 Å². The second-order valence-corrected chi connectivity index (χ2v) is 6.72. The van der Waals surface area contributed by atoms with Gasteiger partial charge in [-0.25, -0.2) is 0 Å². The van der Waals surface area contributed by atoms with E-state index in [9.17, 15) is 0 Å². The number of aliphatic imine (C=N–C) groups is 1. The van der Waals surface area contributed by atoms with Crippen molar-refractivity contribution >= 4 is 5.96 Å². The van der Waals surface area contributed by atoms with E-state index in [1.54, 1.807) is 0 Å². The highest BCUT2D eigenvalue weighted by atomic mass is 16.5. The minimum Gasteiger partial charge on any atom is -0.380 e. The number of rotatable bonds is 7. The highest BCUT2D eigenvalue weighted by Crippen LogP contribution is 2.28. The molecule has 1 saturated heterocycles. The van der Waals surface area contributed by atoms with Crippen LogP contribution in [0.3, 0.4) is 0 Å². The minimum atomic E-state index is 0.256. The second-order valence-electron chi connectivity index (χ2n) is 6.72. The Bertz CT molecular complexity index is 307. The average Bonchev–Trinajstić information content (AvgIpc) is 2.91. The molecule has 1 aliphatic carbocycles. The van der Waals surface area contributed by atoms with Crippen molar-refractivity contribution in [1.29, 1.82) is 0 Å². The molecule has 2 fully saturated rings. The number of nitrogens with one attached hydrogen (secondary N) is 2. The molecular weight excluding hydrogens is 250 g/mol. The molecule has 0 unspecified atom stereocenters. The standard InChI is InChI=1S/C16H31N3O/c1-3-17-15(19-11-16(2)12-20-13-16)18-10-6-9-14-7-4-5-8-14/h14H,3-13H2,1-2H3,(H2,17,18,19). The zero-order chi connectivity index (χ0) is 14.3. The summed E-state index contributed by atoms with van der Waals surface area (Å²) in [6, 6.07) is 0. The summed E-state index contributed by atoms with van der Waals surface area (Å²) < 4.78 is 5.28. The maximum absolute atomic E-state index is 5.28. The number of hydrogen-bond donors (Lipinski definition) is 2. The molecule has 0 aromatic heterocycles. The Balaban J connectivity index is 1.64. The van der Waals surface area contributed by atoms with Crippen molar-refractivity contribution in [2.75, 3.05) is 32.8 Å². The molecular formula is C16H31N3O. The lowest BCUT2D eigenvalue weighted by molar-refractivity contribution is -0.0945. The fourth-order valence-electron chi connectivity index (χ4n) is 3.05. The molecule has 20 heavy (non-hydrogen) atoms. The van der Waals surface area contributed by atoms with Gasteiger partial charge in [0.05, 0.1) is 19.8 Å². The van der Waals surface area contributed by atoms with Crippen molar-refractivity contribution < 1.29 is 4.74 Å². The fraction of sp³-hybridized carbons (Fsp3) is 0.938. The quantitative estimate of drug-likeness (QED) is 0.428. The first-order chi connectivity index (χ1) is 9.72. The lowest BCUT2D eigenvalue weighted by Crippen LogP contribution is -2.44. The predicted octanol–water partition coefficient (Wildman–Crippen LogP) is 2.55. The van der Waals surface area contributed by atoms with Crippen LogP contribution >= 0.6 is 0 Å². The van der Waals surface area contributed by atoms with Crippen molar-refractivity contribution in [3.63, 3.8) is 0 Å². The first-order valence-electron chi connectivity index (χ1n) is 8.32. The largest absolute Gasteiger partial charge is 0.380 e. The molecule has 0 aromatic rings.